The molecule has 0 radical (unpaired) electrons. The Labute approximate surface area is 236 Å². The Morgan fingerprint density at radius 3 is 1.30 bits per heavy atom. The minimum Gasteiger partial charge on any atom is -0.0654 e. The van der Waals surface area contributed by atoms with Gasteiger partial charge in [0.15, 0.2) is 0 Å². The van der Waals surface area contributed by atoms with E-state index in [1.807, 2.05) is 6.07 Å². The first-order valence-corrected chi connectivity index (χ1v) is 18.5. The van der Waals surface area contributed by atoms with Crippen LogP contribution in [0.2, 0.25) is 0 Å². The molecule has 0 aromatic heterocycles. The second kappa shape index (κ2) is 24.4. The number of benzene rings is 1. The summed E-state index contributed by atoms with van der Waals surface area (Å²) in [5, 5.41) is 0. The fourth-order valence-electron chi connectivity index (χ4n) is 5.48. The van der Waals surface area contributed by atoms with E-state index in [2.05, 4.69) is 26.8 Å². The molecule has 37 heavy (non-hydrogen) atoms. The van der Waals surface area contributed by atoms with Gasteiger partial charge in [-0.1, -0.05) is 20.3 Å². The molecule has 0 unspecified atom stereocenters. The minimum absolute atomic E-state index is 0.633. The zero-order chi connectivity index (χ0) is 27.0. The van der Waals surface area contributed by atoms with Crippen LogP contribution in [0.5, 0.6) is 5.75 Å². The van der Waals surface area contributed by atoms with Gasteiger partial charge in [0.05, 0.1) is 0 Å². The standard InChI is InChI=1S/C33H60O.Mo.2O/c1-4-7-10-13-16-19-22-25-30-28-29-33(34)32(27-24-21-18-15-12-9-6-3)31(30)26-23-20-17-14-11-8-5-2;;;/h28-29,34H,4-27H2,1-3H3;;;/q;+1;;/p-1. The molecule has 0 saturated heterocycles. The van der Waals surface area contributed by atoms with Crippen molar-refractivity contribution in [2.75, 3.05) is 0 Å². The molecule has 0 amide bonds. The van der Waals surface area contributed by atoms with Gasteiger partial charge in [-0.05, 0) is 0 Å². The first-order valence-electron chi connectivity index (χ1n) is 16.0. The second-order valence-electron chi connectivity index (χ2n) is 11.1. The summed E-state index contributed by atoms with van der Waals surface area (Å²) in [4.78, 5) is 0. The van der Waals surface area contributed by atoms with Crippen LogP contribution in [0.4, 0.5) is 0 Å². The summed E-state index contributed by atoms with van der Waals surface area (Å²) < 4.78 is 28.7. The molecule has 0 heterocycles. The maximum absolute atomic E-state index is 11.6. The number of unbranched alkanes of at least 4 members (excludes halogenated alkanes) is 18. The van der Waals surface area contributed by atoms with Gasteiger partial charge < -0.3 is 0 Å². The molecule has 0 spiro atoms. The Bertz CT molecular complexity index is 733. The van der Waals surface area contributed by atoms with E-state index in [-0.39, 0.29) is 0 Å². The molecule has 0 N–H and O–H groups in total. The molecule has 1 aromatic rings. The van der Waals surface area contributed by atoms with E-state index >= 15 is 0 Å². The number of hydrogen-bond acceptors (Lipinski definition) is 3. The first-order chi connectivity index (χ1) is 18.1. The van der Waals surface area contributed by atoms with Crippen LogP contribution in [0.3, 0.4) is 0 Å². The molecule has 0 fully saturated rings. The summed E-state index contributed by atoms with van der Waals surface area (Å²) in [5.74, 6) is 0.633. The molecule has 1 rings (SSSR count). The van der Waals surface area contributed by atoms with Crippen LogP contribution in [0.1, 0.15) is 172 Å². The van der Waals surface area contributed by atoms with Crippen LogP contribution >= 0.6 is 0 Å². The zero-order valence-corrected chi connectivity index (χ0v) is 26.8. The van der Waals surface area contributed by atoms with Crippen LogP contribution in [0.15, 0.2) is 12.1 Å². The summed E-state index contributed by atoms with van der Waals surface area (Å²) in [6.45, 7) is 6.80. The summed E-state index contributed by atoms with van der Waals surface area (Å²) >= 11 is -3.92. The van der Waals surface area contributed by atoms with E-state index in [9.17, 15) is 6.80 Å². The molecule has 3 nitrogen and oxygen atoms in total. The van der Waals surface area contributed by atoms with Crippen molar-refractivity contribution in [2.45, 2.75) is 175 Å². The van der Waals surface area contributed by atoms with Crippen molar-refractivity contribution in [1.29, 1.82) is 0 Å². The molecule has 4 heteroatoms. The van der Waals surface area contributed by atoms with Gasteiger partial charge in [-0.25, -0.2) is 0 Å². The van der Waals surface area contributed by atoms with E-state index in [4.69, 9.17) is 3.39 Å². The number of rotatable bonds is 26. The van der Waals surface area contributed by atoms with Crippen molar-refractivity contribution in [3.05, 3.63) is 28.8 Å². The third-order valence-electron chi connectivity index (χ3n) is 7.75. The Kier molecular flexibility index (Phi) is 22.6. The van der Waals surface area contributed by atoms with Gasteiger partial charge in [0, 0.05) is 0 Å². The zero-order valence-electron chi connectivity index (χ0n) is 24.8. The van der Waals surface area contributed by atoms with Gasteiger partial charge in [-0.3, -0.25) is 0 Å². The predicted octanol–water partition coefficient (Wildman–Crippen LogP) is 11.2. The molecule has 0 aliphatic rings. The molecule has 0 aliphatic carbocycles. The SMILES string of the molecule is CCCCCCCCCc1ccc([O][Mo](=[O])=[O])c(CCCCCCCCC)c1CCCCCCCCC. The molecule has 0 saturated carbocycles. The van der Waals surface area contributed by atoms with Gasteiger partial charge in [0.25, 0.3) is 0 Å². The van der Waals surface area contributed by atoms with Crippen molar-refractivity contribution in [1.82, 2.24) is 0 Å². The van der Waals surface area contributed by atoms with Crippen molar-refractivity contribution in [2.24, 2.45) is 0 Å². The summed E-state index contributed by atoms with van der Waals surface area (Å²) in [5.41, 5.74) is 4.07. The third-order valence-corrected chi connectivity index (χ3v) is 8.53. The van der Waals surface area contributed by atoms with Crippen molar-refractivity contribution in [3.8, 4) is 5.75 Å². The minimum atomic E-state index is -3.92. The Morgan fingerprint density at radius 1 is 0.486 bits per heavy atom. The van der Waals surface area contributed by atoms with Gasteiger partial charge in [0.2, 0.25) is 0 Å². The topological polar surface area (TPSA) is 43.4 Å². The van der Waals surface area contributed by atoms with Crippen LogP contribution in [-0.2, 0) is 43.7 Å². The molecule has 215 valence electrons. The monoisotopic (exact) mass is 601 g/mol. The fourth-order valence-corrected chi connectivity index (χ4v) is 6.23. The van der Waals surface area contributed by atoms with Crippen molar-refractivity contribution >= 4 is 0 Å². The summed E-state index contributed by atoms with van der Waals surface area (Å²) in [6.07, 6.45) is 30.4. The normalized spacial score (nSPS) is 11.2. The molecule has 0 atom stereocenters. The molecule has 0 aliphatic heterocycles. The fraction of sp³-hybridized carbons (Fsp3) is 0.818. The molecule has 0 bridgehead atoms. The first kappa shape index (κ1) is 34.3. The average Bonchev–Trinajstić information content (AvgIpc) is 2.88. The summed E-state index contributed by atoms with van der Waals surface area (Å²) in [7, 11) is 0. The molecule has 1 aromatic carbocycles. The quantitative estimate of drug-likeness (QED) is 0.0786. The van der Waals surface area contributed by atoms with Gasteiger partial charge in [0.1, 0.15) is 0 Å². The van der Waals surface area contributed by atoms with Crippen molar-refractivity contribution < 1.29 is 27.8 Å². The average molecular weight is 600 g/mol. The van der Waals surface area contributed by atoms with E-state index in [0.717, 1.165) is 25.7 Å². The Hall–Kier alpha value is -0.692. The van der Waals surface area contributed by atoms with E-state index in [0.29, 0.717) is 5.75 Å². The van der Waals surface area contributed by atoms with Crippen LogP contribution in [0.25, 0.3) is 0 Å². The van der Waals surface area contributed by atoms with E-state index < -0.39 is 17.6 Å². The van der Waals surface area contributed by atoms with Gasteiger partial charge >= 0.3 is 217 Å². The number of aryl methyl sites for hydroxylation is 1. The molecular formula is C33H59MoO3. The number of hydrogen-bond donors (Lipinski definition) is 0. The van der Waals surface area contributed by atoms with Crippen LogP contribution in [-0.4, -0.2) is 0 Å². The predicted molar refractivity (Wildman–Crippen MR) is 154 cm³/mol. The Balaban J connectivity index is 2.85. The van der Waals surface area contributed by atoms with Gasteiger partial charge in [-0.15, -0.1) is 0 Å². The summed E-state index contributed by atoms with van der Waals surface area (Å²) in [6, 6.07) is 4.14. The smallest absolute Gasteiger partial charge is 0.0654 e. The van der Waals surface area contributed by atoms with Crippen LogP contribution < -0.4 is 3.39 Å². The van der Waals surface area contributed by atoms with E-state index in [1.54, 1.807) is 0 Å². The second-order valence-corrected chi connectivity index (χ2v) is 12.5. The van der Waals surface area contributed by atoms with Crippen molar-refractivity contribution in [3.63, 3.8) is 0 Å². The van der Waals surface area contributed by atoms with E-state index in [1.165, 1.54) is 145 Å². The van der Waals surface area contributed by atoms with Crippen LogP contribution in [0, 0.1) is 0 Å². The molecular weight excluding hydrogens is 540 g/mol. The Morgan fingerprint density at radius 2 is 0.865 bits per heavy atom. The maximum atomic E-state index is 11.6. The third kappa shape index (κ3) is 17.5. The van der Waals surface area contributed by atoms with Gasteiger partial charge in [-0.2, -0.15) is 0 Å².